The minimum absolute atomic E-state index is 0.0347. The molecule has 0 unspecified atom stereocenters. The zero-order valence-electron chi connectivity index (χ0n) is 11.5. The van der Waals surface area contributed by atoms with Crippen molar-refractivity contribution in [2.45, 2.75) is 4.90 Å². The van der Waals surface area contributed by atoms with Gasteiger partial charge in [0.25, 0.3) is 5.24 Å². The number of hydrogen-bond donors (Lipinski definition) is 2. The molecular formula is C14H10N2O4S3. The van der Waals surface area contributed by atoms with Crippen molar-refractivity contribution in [3.05, 3.63) is 47.1 Å². The van der Waals surface area contributed by atoms with E-state index in [1.807, 2.05) is 0 Å². The molecule has 23 heavy (non-hydrogen) atoms. The van der Waals surface area contributed by atoms with E-state index < -0.39 is 10.0 Å². The summed E-state index contributed by atoms with van der Waals surface area (Å²) < 4.78 is 28.1. The molecule has 2 heterocycles. The van der Waals surface area contributed by atoms with Gasteiger partial charge in [0.15, 0.2) is 0 Å². The second kappa shape index (κ2) is 5.93. The van der Waals surface area contributed by atoms with Gasteiger partial charge in [-0.3, -0.25) is 4.79 Å². The summed E-state index contributed by atoms with van der Waals surface area (Å²) in [5, 5.41) is 7.36. The molecular weight excluding hydrogens is 356 g/mol. The Bertz CT molecular complexity index is 927. The van der Waals surface area contributed by atoms with Gasteiger partial charge in [0.1, 0.15) is 16.5 Å². The van der Waals surface area contributed by atoms with Crippen LogP contribution in [-0.2, 0) is 10.0 Å². The minimum atomic E-state index is -3.72. The van der Waals surface area contributed by atoms with Crippen molar-refractivity contribution in [2.24, 2.45) is 5.14 Å². The molecule has 9 heteroatoms. The number of sulfonamides is 1. The van der Waals surface area contributed by atoms with Crippen LogP contribution in [0.25, 0.3) is 17.4 Å². The molecule has 1 aromatic heterocycles. The second-order valence-corrected chi connectivity index (χ2v) is 7.61. The Labute approximate surface area is 141 Å². The van der Waals surface area contributed by atoms with Crippen LogP contribution in [0.2, 0.25) is 0 Å². The maximum absolute atomic E-state index is 11.2. The highest BCUT2D eigenvalue weighted by Crippen LogP contribution is 2.29. The summed E-state index contributed by atoms with van der Waals surface area (Å²) in [6.07, 6.45) is 1.67. The second-order valence-electron chi connectivity index (χ2n) is 4.62. The summed E-state index contributed by atoms with van der Waals surface area (Å²) in [6.45, 7) is 0. The number of nitrogens with one attached hydrogen (secondary N) is 1. The average molecular weight is 366 g/mol. The number of amides is 1. The summed E-state index contributed by atoms with van der Waals surface area (Å²) in [5.74, 6) is 1.10. The number of thiocarbonyl (C=S) groups is 1. The fraction of sp³-hybridized carbons (Fsp3) is 0. The Balaban J connectivity index is 1.86. The van der Waals surface area contributed by atoms with E-state index in [9.17, 15) is 13.2 Å². The van der Waals surface area contributed by atoms with Gasteiger partial charge in [0.05, 0.1) is 9.80 Å². The van der Waals surface area contributed by atoms with E-state index in [1.165, 1.54) is 12.1 Å². The van der Waals surface area contributed by atoms with Crippen LogP contribution in [0.3, 0.4) is 0 Å². The molecule has 3 rings (SSSR count). The van der Waals surface area contributed by atoms with Crippen molar-refractivity contribution >= 4 is 50.3 Å². The molecule has 2 aromatic rings. The molecule has 1 aliphatic rings. The highest BCUT2D eigenvalue weighted by Gasteiger charge is 2.22. The Morgan fingerprint density at radius 1 is 1.17 bits per heavy atom. The molecule has 3 N–H and O–H groups in total. The van der Waals surface area contributed by atoms with E-state index >= 15 is 0 Å². The van der Waals surface area contributed by atoms with Crippen LogP contribution in [0.15, 0.2) is 50.6 Å². The standard InChI is InChI=1S/C14H10N2O4S3/c15-23(18,19)10-4-1-8(2-5-10)11-6-3-9(20-11)7-12-13(21)16-14(17)22-12/h1-7H,(H2,15,18,19)(H,16,17,21). The highest BCUT2D eigenvalue weighted by molar-refractivity contribution is 8.19. The third-order valence-corrected chi connectivity index (χ3v) is 5.22. The number of carbonyl (C=O) groups is 1. The molecule has 118 valence electrons. The molecule has 0 bridgehead atoms. The smallest absolute Gasteiger partial charge is 0.289 e. The van der Waals surface area contributed by atoms with Crippen LogP contribution in [-0.4, -0.2) is 18.6 Å². The number of primary sulfonamides is 1. The van der Waals surface area contributed by atoms with Gasteiger partial charge in [0, 0.05) is 5.56 Å². The lowest BCUT2D eigenvalue weighted by Gasteiger charge is -2.00. The van der Waals surface area contributed by atoms with Crippen molar-refractivity contribution in [2.75, 3.05) is 0 Å². The van der Waals surface area contributed by atoms with E-state index in [-0.39, 0.29) is 10.1 Å². The number of benzene rings is 1. The lowest BCUT2D eigenvalue weighted by atomic mass is 10.2. The van der Waals surface area contributed by atoms with E-state index in [0.717, 1.165) is 11.8 Å². The summed E-state index contributed by atoms with van der Waals surface area (Å²) >= 11 is 6.04. The van der Waals surface area contributed by atoms with Crippen LogP contribution in [0.1, 0.15) is 5.76 Å². The van der Waals surface area contributed by atoms with Crippen molar-refractivity contribution in [3.8, 4) is 11.3 Å². The Hall–Kier alpha value is -1.94. The molecule has 0 saturated carbocycles. The van der Waals surface area contributed by atoms with Crippen LogP contribution in [0.4, 0.5) is 4.79 Å². The van der Waals surface area contributed by atoms with E-state index in [1.54, 1.807) is 30.3 Å². The first-order chi connectivity index (χ1) is 10.8. The van der Waals surface area contributed by atoms with E-state index in [0.29, 0.717) is 27.0 Å². The molecule has 1 aromatic carbocycles. The number of furan rings is 1. The minimum Gasteiger partial charge on any atom is -0.457 e. The maximum atomic E-state index is 11.2. The van der Waals surface area contributed by atoms with Crippen LogP contribution in [0.5, 0.6) is 0 Å². The summed E-state index contributed by atoms with van der Waals surface area (Å²) in [5.41, 5.74) is 0.706. The first kappa shape index (κ1) is 15.9. The molecule has 1 saturated heterocycles. The summed E-state index contributed by atoms with van der Waals surface area (Å²) in [6, 6.07) is 9.52. The third-order valence-electron chi connectivity index (χ3n) is 3.01. The highest BCUT2D eigenvalue weighted by atomic mass is 32.2. The number of rotatable bonds is 3. The lowest BCUT2D eigenvalue weighted by molar-refractivity contribution is 0.265. The molecule has 0 spiro atoms. The number of hydrogen-bond acceptors (Lipinski definition) is 6. The first-order valence-corrected chi connectivity index (χ1v) is 9.08. The number of nitrogens with two attached hydrogens (primary N) is 1. The summed E-state index contributed by atoms with van der Waals surface area (Å²) in [4.78, 5) is 12.3. The Morgan fingerprint density at radius 3 is 2.43 bits per heavy atom. The van der Waals surface area contributed by atoms with Crippen LogP contribution >= 0.6 is 24.0 Å². The van der Waals surface area contributed by atoms with E-state index in [2.05, 4.69) is 5.32 Å². The van der Waals surface area contributed by atoms with Gasteiger partial charge in [0.2, 0.25) is 10.0 Å². The van der Waals surface area contributed by atoms with Gasteiger partial charge in [-0.2, -0.15) is 0 Å². The number of carbonyl (C=O) groups excluding carboxylic acids is 1. The van der Waals surface area contributed by atoms with Crippen LogP contribution in [0, 0.1) is 0 Å². The monoisotopic (exact) mass is 366 g/mol. The predicted octanol–water partition coefficient (Wildman–Crippen LogP) is 2.72. The number of thioether (sulfide) groups is 1. The Morgan fingerprint density at radius 2 is 1.87 bits per heavy atom. The quantitative estimate of drug-likeness (QED) is 0.640. The third kappa shape index (κ3) is 3.53. The first-order valence-electron chi connectivity index (χ1n) is 6.31. The van der Waals surface area contributed by atoms with Crippen molar-refractivity contribution < 1.29 is 17.6 Å². The molecule has 6 nitrogen and oxygen atoms in total. The topological polar surface area (TPSA) is 102 Å². The van der Waals surface area contributed by atoms with Gasteiger partial charge in [-0.15, -0.1) is 0 Å². The molecule has 0 radical (unpaired) electrons. The predicted molar refractivity (Wildman–Crippen MR) is 92.2 cm³/mol. The molecule has 1 fully saturated rings. The largest absolute Gasteiger partial charge is 0.457 e. The zero-order chi connectivity index (χ0) is 16.6. The van der Waals surface area contributed by atoms with Gasteiger partial charge < -0.3 is 9.73 Å². The molecule has 0 aliphatic carbocycles. The van der Waals surface area contributed by atoms with E-state index in [4.69, 9.17) is 21.8 Å². The van der Waals surface area contributed by atoms with Crippen molar-refractivity contribution in [1.29, 1.82) is 0 Å². The van der Waals surface area contributed by atoms with Gasteiger partial charge in [-0.25, -0.2) is 13.6 Å². The normalized spacial score (nSPS) is 16.8. The van der Waals surface area contributed by atoms with Crippen molar-refractivity contribution in [3.63, 3.8) is 0 Å². The Kier molecular flexibility index (Phi) is 4.11. The SMILES string of the molecule is NS(=O)(=O)c1ccc(-c2ccc(C=C3SC(=O)NC3=S)o2)cc1. The molecule has 1 aliphatic heterocycles. The lowest BCUT2D eigenvalue weighted by Crippen LogP contribution is -2.15. The molecule has 0 atom stereocenters. The molecule has 1 amide bonds. The fourth-order valence-electron chi connectivity index (χ4n) is 1.94. The van der Waals surface area contributed by atoms with Crippen LogP contribution < -0.4 is 10.5 Å². The zero-order valence-corrected chi connectivity index (χ0v) is 13.9. The average Bonchev–Trinajstić information content (AvgIpc) is 3.06. The fourth-order valence-corrected chi connectivity index (χ4v) is 3.47. The van der Waals surface area contributed by atoms with Crippen molar-refractivity contribution in [1.82, 2.24) is 5.32 Å². The summed E-state index contributed by atoms with van der Waals surface area (Å²) in [7, 11) is -3.72. The van der Waals surface area contributed by atoms with Gasteiger partial charge in [-0.05, 0) is 54.2 Å². The van der Waals surface area contributed by atoms with Gasteiger partial charge in [-0.1, -0.05) is 12.2 Å². The maximum Gasteiger partial charge on any atom is 0.289 e. The van der Waals surface area contributed by atoms with Gasteiger partial charge >= 0.3 is 0 Å².